The lowest BCUT2D eigenvalue weighted by molar-refractivity contribution is -0.152. The smallest absolute Gasteiger partial charge is 0.408 e. The van der Waals surface area contributed by atoms with Crippen molar-refractivity contribution in [2.75, 3.05) is 42.8 Å². The minimum Gasteiger partial charge on any atom is -0.457 e. The SMILES string of the molecule is CCCCCCCCCCCCCCCC(=O)NCC(CNC(=O)CCCCCCCCCCCCCCC)OC(=O)[C@H](Cc1ccc(N(CCCl)CCCl)cc1)NC(=O)OC(C)(C)C. The molecule has 10 nitrogen and oxygen atoms in total. The van der Waals surface area contributed by atoms with E-state index in [0.29, 0.717) is 37.7 Å². The Morgan fingerprint density at radius 3 is 1.29 bits per heavy atom. The Morgan fingerprint density at radius 1 is 0.569 bits per heavy atom. The van der Waals surface area contributed by atoms with Gasteiger partial charge in [0.2, 0.25) is 11.8 Å². The first-order chi connectivity index (χ1) is 31.4. The second-order valence-corrected chi connectivity index (χ2v) is 19.8. The average Bonchev–Trinajstić information content (AvgIpc) is 3.27. The summed E-state index contributed by atoms with van der Waals surface area (Å²) in [5.74, 6) is -0.0188. The summed E-state index contributed by atoms with van der Waals surface area (Å²) in [6.45, 7) is 11.1. The maximum atomic E-state index is 14.0. The molecule has 0 spiro atoms. The monoisotopic (exact) mass is 953 g/mol. The van der Waals surface area contributed by atoms with E-state index in [0.717, 1.165) is 49.8 Å². The number of benzene rings is 1. The van der Waals surface area contributed by atoms with Crippen LogP contribution in [0.25, 0.3) is 0 Å². The van der Waals surface area contributed by atoms with Crippen molar-refractivity contribution in [3.05, 3.63) is 29.8 Å². The topological polar surface area (TPSA) is 126 Å². The Morgan fingerprint density at radius 2 is 0.938 bits per heavy atom. The summed E-state index contributed by atoms with van der Waals surface area (Å²) in [6.07, 6.45) is 31.3. The maximum absolute atomic E-state index is 14.0. The van der Waals surface area contributed by atoms with Gasteiger partial charge in [0, 0.05) is 49.8 Å². The summed E-state index contributed by atoms with van der Waals surface area (Å²) in [4.78, 5) is 55.1. The van der Waals surface area contributed by atoms with Crippen molar-refractivity contribution in [1.29, 1.82) is 0 Å². The van der Waals surface area contributed by atoms with E-state index in [2.05, 4.69) is 34.7 Å². The fourth-order valence-electron chi connectivity index (χ4n) is 7.94. The number of carbonyl (C=O) groups is 4. The summed E-state index contributed by atoms with van der Waals surface area (Å²) in [7, 11) is 0. The largest absolute Gasteiger partial charge is 0.457 e. The number of nitrogens with zero attached hydrogens (tertiary/aromatic N) is 1. The third-order valence-electron chi connectivity index (χ3n) is 11.8. The number of anilines is 1. The van der Waals surface area contributed by atoms with Crippen LogP contribution in [0, 0.1) is 0 Å². The van der Waals surface area contributed by atoms with Crippen molar-refractivity contribution in [3.63, 3.8) is 0 Å². The van der Waals surface area contributed by atoms with Gasteiger partial charge in [-0.25, -0.2) is 9.59 Å². The first kappa shape index (κ1) is 60.3. The molecule has 65 heavy (non-hydrogen) atoms. The Kier molecular flexibility index (Phi) is 37.4. The molecule has 1 atom stereocenters. The van der Waals surface area contributed by atoms with E-state index >= 15 is 0 Å². The van der Waals surface area contributed by atoms with Crippen LogP contribution in [0.4, 0.5) is 10.5 Å². The summed E-state index contributed by atoms with van der Waals surface area (Å²) in [5.41, 5.74) is 0.946. The normalized spacial score (nSPS) is 11.9. The van der Waals surface area contributed by atoms with E-state index in [9.17, 15) is 19.2 Å². The van der Waals surface area contributed by atoms with E-state index in [4.69, 9.17) is 32.7 Å². The zero-order chi connectivity index (χ0) is 47.8. The molecular formula is C53H94Cl2N4O6. The second-order valence-electron chi connectivity index (χ2n) is 19.1. The summed E-state index contributed by atoms with van der Waals surface area (Å²) >= 11 is 12.1. The van der Waals surface area contributed by atoms with E-state index in [1.54, 1.807) is 20.8 Å². The minimum atomic E-state index is -1.09. The molecule has 3 N–H and O–H groups in total. The molecule has 0 aromatic heterocycles. The first-order valence-electron chi connectivity index (χ1n) is 26.1. The Bertz CT molecular complexity index is 1290. The minimum absolute atomic E-state index is 0.0346. The van der Waals surface area contributed by atoms with Crippen molar-refractivity contribution in [2.45, 2.75) is 239 Å². The number of carbonyl (C=O) groups excluding carboxylic acids is 4. The second kappa shape index (κ2) is 40.4. The average molecular weight is 954 g/mol. The van der Waals surface area contributed by atoms with Gasteiger partial charge >= 0.3 is 12.1 Å². The predicted molar refractivity (Wildman–Crippen MR) is 273 cm³/mol. The van der Waals surface area contributed by atoms with Crippen LogP contribution in [-0.2, 0) is 30.3 Å². The van der Waals surface area contributed by atoms with Crippen molar-refractivity contribution in [2.24, 2.45) is 0 Å². The van der Waals surface area contributed by atoms with Gasteiger partial charge in [-0.05, 0) is 51.3 Å². The lowest BCUT2D eigenvalue weighted by Gasteiger charge is -2.26. The molecule has 0 unspecified atom stereocenters. The first-order valence-corrected chi connectivity index (χ1v) is 27.2. The number of hydrogen-bond donors (Lipinski definition) is 3. The molecule has 0 saturated carbocycles. The van der Waals surface area contributed by atoms with Gasteiger partial charge in [0.25, 0.3) is 0 Å². The fourth-order valence-corrected chi connectivity index (χ4v) is 8.34. The molecule has 1 aromatic rings. The highest BCUT2D eigenvalue weighted by molar-refractivity contribution is 6.18. The molecule has 0 radical (unpaired) electrons. The van der Waals surface area contributed by atoms with Crippen LogP contribution in [-0.4, -0.2) is 79.6 Å². The zero-order valence-electron chi connectivity index (χ0n) is 41.9. The van der Waals surface area contributed by atoms with Gasteiger partial charge < -0.3 is 30.3 Å². The molecule has 0 saturated heterocycles. The van der Waals surface area contributed by atoms with Crippen molar-refractivity contribution in [1.82, 2.24) is 16.0 Å². The molecule has 0 bridgehead atoms. The van der Waals surface area contributed by atoms with E-state index < -0.39 is 29.8 Å². The van der Waals surface area contributed by atoms with Gasteiger partial charge in [-0.1, -0.05) is 180 Å². The molecule has 0 aliphatic carbocycles. The number of esters is 1. The number of unbranched alkanes of at least 4 members (excludes halogenated alkanes) is 24. The van der Waals surface area contributed by atoms with Crippen LogP contribution >= 0.6 is 23.2 Å². The van der Waals surface area contributed by atoms with Crippen LogP contribution in [0.2, 0.25) is 0 Å². The molecule has 12 heteroatoms. The van der Waals surface area contributed by atoms with Gasteiger partial charge in [-0.2, -0.15) is 0 Å². The van der Waals surface area contributed by atoms with Gasteiger partial charge in [0.05, 0.1) is 13.1 Å². The number of hydrogen-bond acceptors (Lipinski definition) is 7. The molecule has 376 valence electrons. The highest BCUT2D eigenvalue weighted by atomic mass is 35.5. The van der Waals surface area contributed by atoms with Gasteiger partial charge in [-0.15, -0.1) is 23.2 Å². The molecule has 0 fully saturated rings. The highest BCUT2D eigenvalue weighted by Gasteiger charge is 2.29. The lowest BCUT2D eigenvalue weighted by Crippen LogP contribution is -2.49. The molecule has 3 amide bonds. The van der Waals surface area contributed by atoms with Crippen LogP contribution < -0.4 is 20.9 Å². The van der Waals surface area contributed by atoms with Crippen LogP contribution in [0.5, 0.6) is 0 Å². The lowest BCUT2D eigenvalue weighted by atomic mass is 10.0. The zero-order valence-corrected chi connectivity index (χ0v) is 43.4. The fraction of sp³-hybridized carbons (Fsp3) is 0.811. The Balaban J connectivity index is 2.82. The quantitative estimate of drug-likeness (QED) is 0.0338. The highest BCUT2D eigenvalue weighted by Crippen LogP contribution is 2.19. The Hall–Kier alpha value is -2.72. The van der Waals surface area contributed by atoms with Gasteiger partial charge in [0.15, 0.2) is 0 Å². The molecule has 0 aliphatic rings. The van der Waals surface area contributed by atoms with Crippen molar-refractivity contribution < 1.29 is 28.7 Å². The molecule has 1 rings (SSSR count). The molecular weight excluding hydrogens is 860 g/mol. The number of alkyl carbamates (subject to hydrolysis) is 1. The van der Waals surface area contributed by atoms with Gasteiger partial charge in [0.1, 0.15) is 17.7 Å². The molecule has 0 aliphatic heterocycles. The molecule has 1 aromatic carbocycles. The number of amides is 3. The van der Waals surface area contributed by atoms with E-state index in [-0.39, 0.29) is 31.3 Å². The third-order valence-corrected chi connectivity index (χ3v) is 12.1. The number of ether oxygens (including phenoxy) is 2. The summed E-state index contributed by atoms with van der Waals surface area (Å²) in [5, 5.41) is 8.61. The number of nitrogens with one attached hydrogen (secondary N) is 3. The molecule has 0 heterocycles. The third kappa shape index (κ3) is 35.1. The van der Waals surface area contributed by atoms with Crippen molar-refractivity contribution >= 4 is 52.8 Å². The van der Waals surface area contributed by atoms with Crippen LogP contribution in [0.15, 0.2) is 24.3 Å². The van der Waals surface area contributed by atoms with Crippen molar-refractivity contribution in [3.8, 4) is 0 Å². The maximum Gasteiger partial charge on any atom is 0.408 e. The standard InChI is InChI=1S/C53H94Cl2N4O6/c1-6-8-10-12-14-16-18-20-22-24-26-28-30-32-49(60)56-43-47(44-57-50(61)33-31-29-27-25-23-21-19-17-15-13-11-9-7-2)64-51(62)48(58-52(63)65-53(3,4)5)42-45-34-36-46(37-35-45)59(40-38-54)41-39-55/h34-37,47-48H,6-33,38-44H2,1-5H3,(H,56,60)(H,57,61)(H,58,63)/t48-/m0/s1. The predicted octanol–water partition coefficient (Wildman–Crippen LogP) is 13.5. The van der Waals surface area contributed by atoms with Gasteiger partial charge in [-0.3, -0.25) is 9.59 Å². The van der Waals surface area contributed by atoms with Crippen LogP contribution in [0.1, 0.15) is 220 Å². The van der Waals surface area contributed by atoms with E-state index in [1.807, 2.05) is 24.3 Å². The summed E-state index contributed by atoms with van der Waals surface area (Å²) < 4.78 is 11.5. The Labute approximate surface area is 406 Å². The number of halogens is 2. The number of alkyl halides is 2. The van der Waals surface area contributed by atoms with Crippen LogP contribution in [0.3, 0.4) is 0 Å². The number of rotatable bonds is 42. The summed E-state index contributed by atoms with van der Waals surface area (Å²) in [6, 6.07) is 6.57. The van der Waals surface area contributed by atoms with E-state index in [1.165, 1.54) is 128 Å².